The Kier molecular flexibility index (Phi) is 6.07. The van der Waals surface area contributed by atoms with Gasteiger partial charge in [-0.25, -0.2) is 4.98 Å². The van der Waals surface area contributed by atoms with Crippen molar-refractivity contribution in [1.29, 1.82) is 0 Å². The predicted molar refractivity (Wildman–Crippen MR) is 145 cm³/mol. The predicted octanol–water partition coefficient (Wildman–Crippen LogP) is 6.19. The fourth-order valence-corrected chi connectivity index (χ4v) is 4.12. The van der Waals surface area contributed by atoms with Gasteiger partial charge in [0.25, 0.3) is 0 Å². The highest BCUT2D eigenvalue weighted by atomic mass is 16.5. The molecule has 1 N–H and O–H groups in total. The first-order valence-corrected chi connectivity index (χ1v) is 11.8. The van der Waals surface area contributed by atoms with Crippen molar-refractivity contribution in [1.82, 2.24) is 25.1 Å². The van der Waals surface area contributed by atoms with Gasteiger partial charge in [0.1, 0.15) is 28.5 Å². The Morgan fingerprint density at radius 2 is 1.50 bits per heavy atom. The first-order valence-electron chi connectivity index (χ1n) is 11.8. The molecule has 0 aliphatic rings. The Balaban J connectivity index is 1.26. The van der Waals surface area contributed by atoms with Gasteiger partial charge in [0.05, 0.1) is 32.1 Å². The molecule has 0 aliphatic carbocycles. The van der Waals surface area contributed by atoms with Crippen LogP contribution in [0.15, 0.2) is 91.5 Å². The Bertz CT molecular complexity index is 1760. The molecule has 0 saturated carbocycles. The van der Waals surface area contributed by atoms with Crippen LogP contribution in [0.3, 0.4) is 0 Å². The summed E-state index contributed by atoms with van der Waals surface area (Å²) in [6.45, 7) is 0. The van der Waals surface area contributed by atoms with E-state index in [0.717, 1.165) is 27.7 Å². The number of pyridine rings is 3. The smallest absolute Gasteiger partial charge is 0.161 e. The van der Waals surface area contributed by atoms with Crippen LogP contribution in [0, 0.1) is 0 Å². The van der Waals surface area contributed by atoms with Crippen molar-refractivity contribution < 1.29 is 14.2 Å². The summed E-state index contributed by atoms with van der Waals surface area (Å²) in [6, 6.07) is 21.1. The lowest BCUT2D eigenvalue weighted by molar-refractivity contribution is 0.413. The molecule has 6 rings (SSSR count). The molecule has 0 radical (unpaired) electrons. The SMILES string of the molecule is COc1cncc(-c2nnc(Nc3ccc(Oc4ccnc5cc(OC)cnc45)cc3)c3ccccc23)c1. The van der Waals surface area contributed by atoms with Crippen LogP contribution in [0.25, 0.3) is 33.1 Å². The zero-order chi connectivity index (χ0) is 25.9. The van der Waals surface area contributed by atoms with Gasteiger partial charge >= 0.3 is 0 Å². The topological polar surface area (TPSA) is 104 Å². The molecule has 9 nitrogen and oxygen atoms in total. The van der Waals surface area contributed by atoms with Crippen LogP contribution in [0.1, 0.15) is 0 Å². The minimum atomic E-state index is 0.609. The van der Waals surface area contributed by atoms with E-state index in [-0.39, 0.29) is 0 Å². The number of nitrogens with zero attached hydrogens (tertiary/aromatic N) is 5. The lowest BCUT2D eigenvalue weighted by Crippen LogP contribution is -1.99. The van der Waals surface area contributed by atoms with Gasteiger partial charge in [0.2, 0.25) is 0 Å². The van der Waals surface area contributed by atoms with Gasteiger partial charge in [-0.1, -0.05) is 24.3 Å². The number of anilines is 2. The number of hydrogen-bond acceptors (Lipinski definition) is 9. The van der Waals surface area contributed by atoms with Crippen molar-refractivity contribution in [2.45, 2.75) is 0 Å². The third-order valence-corrected chi connectivity index (χ3v) is 6.01. The summed E-state index contributed by atoms with van der Waals surface area (Å²) in [7, 11) is 3.21. The molecule has 0 atom stereocenters. The van der Waals surface area contributed by atoms with Crippen molar-refractivity contribution in [3.05, 3.63) is 91.5 Å². The molecule has 4 aromatic heterocycles. The van der Waals surface area contributed by atoms with Crippen LogP contribution in [0.4, 0.5) is 11.5 Å². The van der Waals surface area contributed by atoms with Crippen LogP contribution in [-0.2, 0) is 0 Å². The Morgan fingerprint density at radius 3 is 2.32 bits per heavy atom. The van der Waals surface area contributed by atoms with E-state index in [4.69, 9.17) is 14.2 Å². The molecule has 4 heterocycles. The molecule has 0 saturated heterocycles. The Morgan fingerprint density at radius 1 is 0.711 bits per heavy atom. The van der Waals surface area contributed by atoms with Crippen LogP contribution in [0.2, 0.25) is 0 Å². The Hall–Kier alpha value is -5.31. The van der Waals surface area contributed by atoms with E-state index >= 15 is 0 Å². The van der Waals surface area contributed by atoms with Gasteiger partial charge < -0.3 is 19.5 Å². The van der Waals surface area contributed by atoms with Gasteiger partial charge in [-0.15, -0.1) is 10.2 Å². The third-order valence-electron chi connectivity index (χ3n) is 6.01. The number of benzene rings is 2. The summed E-state index contributed by atoms with van der Waals surface area (Å²) in [5.41, 5.74) is 3.76. The van der Waals surface area contributed by atoms with Crippen LogP contribution in [0.5, 0.6) is 23.0 Å². The molecular formula is C29H22N6O3. The highest BCUT2D eigenvalue weighted by Gasteiger charge is 2.13. The summed E-state index contributed by atoms with van der Waals surface area (Å²) in [5.74, 6) is 3.22. The normalized spacial score (nSPS) is 10.9. The number of methoxy groups -OCH3 is 2. The van der Waals surface area contributed by atoms with Crippen molar-refractivity contribution in [2.24, 2.45) is 0 Å². The maximum Gasteiger partial charge on any atom is 0.161 e. The molecular weight excluding hydrogens is 480 g/mol. The van der Waals surface area contributed by atoms with Gasteiger partial charge in [-0.3, -0.25) is 9.97 Å². The molecule has 0 spiro atoms. The maximum absolute atomic E-state index is 6.11. The molecule has 0 unspecified atom stereocenters. The molecule has 2 aromatic carbocycles. The average molecular weight is 503 g/mol. The second-order valence-electron chi connectivity index (χ2n) is 8.36. The fraction of sp³-hybridized carbons (Fsp3) is 0.0690. The zero-order valence-corrected chi connectivity index (χ0v) is 20.6. The quantitative estimate of drug-likeness (QED) is 0.274. The lowest BCUT2D eigenvalue weighted by atomic mass is 10.1. The maximum atomic E-state index is 6.11. The highest BCUT2D eigenvalue weighted by Crippen LogP contribution is 2.33. The largest absolute Gasteiger partial charge is 0.495 e. The molecule has 186 valence electrons. The second kappa shape index (κ2) is 9.98. The molecule has 6 aromatic rings. The highest BCUT2D eigenvalue weighted by molar-refractivity contribution is 6.00. The van der Waals surface area contributed by atoms with E-state index < -0.39 is 0 Å². The number of hydrogen-bond donors (Lipinski definition) is 1. The van der Waals surface area contributed by atoms with Gasteiger partial charge in [-0.2, -0.15) is 0 Å². The van der Waals surface area contributed by atoms with E-state index in [0.29, 0.717) is 39.8 Å². The van der Waals surface area contributed by atoms with E-state index in [2.05, 4.69) is 30.5 Å². The van der Waals surface area contributed by atoms with Crippen molar-refractivity contribution in [2.75, 3.05) is 19.5 Å². The summed E-state index contributed by atoms with van der Waals surface area (Å²) in [5, 5.41) is 14.3. The van der Waals surface area contributed by atoms with Crippen molar-refractivity contribution in [3.8, 4) is 34.3 Å². The minimum Gasteiger partial charge on any atom is -0.495 e. The van der Waals surface area contributed by atoms with E-state index in [1.807, 2.05) is 60.7 Å². The fourth-order valence-electron chi connectivity index (χ4n) is 4.12. The molecule has 0 bridgehead atoms. The lowest BCUT2D eigenvalue weighted by Gasteiger charge is -2.12. The van der Waals surface area contributed by atoms with Crippen LogP contribution in [-0.4, -0.2) is 39.4 Å². The van der Waals surface area contributed by atoms with Gasteiger partial charge in [0, 0.05) is 46.5 Å². The molecule has 0 fully saturated rings. The van der Waals surface area contributed by atoms with Gasteiger partial charge in [0.15, 0.2) is 11.6 Å². The summed E-state index contributed by atoms with van der Waals surface area (Å²) in [6.07, 6.45) is 6.74. The second-order valence-corrected chi connectivity index (χ2v) is 8.36. The van der Waals surface area contributed by atoms with Crippen LogP contribution >= 0.6 is 0 Å². The van der Waals surface area contributed by atoms with Crippen LogP contribution < -0.4 is 19.5 Å². The minimum absolute atomic E-state index is 0.609. The van der Waals surface area contributed by atoms with Gasteiger partial charge in [-0.05, 0) is 30.3 Å². The van der Waals surface area contributed by atoms with E-state index in [1.165, 1.54) is 0 Å². The van der Waals surface area contributed by atoms with E-state index in [1.54, 1.807) is 45.1 Å². The standard InChI is InChI=1S/C29H22N6O3/c1-36-21-13-18(15-30-16-21)27-23-5-3-4-6-24(23)29(35-34-27)33-19-7-9-20(10-8-19)38-26-11-12-31-25-14-22(37-2)17-32-28(25)26/h3-17H,1-2H3,(H,33,35). The van der Waals surface area contributed by atoms with Crippen molar-refractivity contribution >= 4 is 33.3 Å². The summed E-state index contributed by atoms with van der Waals surface area (Å²) < 4.78 is 16.7. The number of rotatable bonds is 7. The summed E-state index contributed by atoms with van der Waals surface area (Å²) >= 11 is 0. The van der Waals surface area contributed by atoms with E-state index in [9.17, 15) is 0 Å². The average Bonchev–Trinajstić information content (AvgIpc) is 2.98. The van der Waals surface area contributed by atoms with Crippen molar-refractivity contribution in [3.63, 3.8) is 0 Å². The number of aromatic nitrogens is 5. The summed E-state index contributed by atoms with van der Waals surface area (Å²) in [4.78, 5) is 13.1. The Labute approximate surface area is 218 Å². The molecule has 9 heteroatoms. The number of ether oxygens (including phenoxy) is 3. The third kappa shape index (κ3) is 4.48. The first-order chi connectivity index (χ1) is 18.7. The molecule has 38 heavy (non-hydrogen) atoms. The first kappa shape index (κ1) is 23.1. The number of fused-ring (bicyclic) bond motifs is 2. The molecule has 0 aliphatic heterocycles. The molecule has 0 amide bonds. The number of nitrogens with one attached hydrogen (secondary N) is 1. The zero-order valence-electron chi connectivity index (χ0n) is 20.6. The monoisotopic (exact) mass is 502 g/mol.